The first-order chi connectivity index (χ1) is 19.1. The lowest BCUT2D eigenvalue weighted by atomic mass is 10.1. The smallest absolute Gasteiger partial charge is 0.378 e. The van der Waals surface area contributed by atoms with Crippen molar-refractivity contribution in [3.05, 3.63) is 88.3 Å². The Balaban J connectivity index is 1.41. The second-order valence-corrected chi connectivity index (χ2v) is 9.19. The minimum Gasteiger partial charge on any atom is -0.378 e. The third kappa shape index (κ3) is 5.82. The summed E-state index contributed by atoms with van der Waals surface area (Å²) in [5, 5.41) is 4.20. The maximum atomic E-state index is 14.9. The number of anilines is 3. The van der Waals surface area contributed by atoms with Gasteiger partial charge in [-0.1, -0.05) is 23.7 Å². The van der Waals surface area contributed by atoms with Crippen LogP contribution in [0.2, 0.25) is 5.02 Å². The normalized spacial score (nSPS) is 13.8. The van der Waals surface area contributed by atoms with Crippen LogP contribution in [0, 0.1) is 5.82 Å². The van der Waals surface area contributed by atoms with Gasteiger partial charge in [-0.05, 0) is 48.5 Å². The van der Waals surface area contributed by atoms with Gasteiger partial charge in [-0.3, -0.25) is 4.79 Å². The zero-order chi connectivity index (χ0) is 28.4. The van der Waals surface area contributed by atoms with Gasteiger partial charge in [0.05, 0.1) is 40.4 Å². The number of morpholine rings is 1. The summed E-state index contributed by atoms with van der Waals surface area (Å²) in [4.78, 5) is 37.1. The average molecular weight is 574 g/mol. The lowest BCUT2D eigenvalue weighted by molar-refractivity contribution is -0.137. The number of alkyl halides is 3. The highest BCUT2D eigenvalue weighted by atomic mass is 35.5. The van der Waals surface area contributed by atoms with E-state index in [1.165, 1.54) is 6.07 Å². The molecule has 2 heterocycles. The Labute approximate surface area is 229 Å². The number of fused-ring (bicyclic) bond motifs is 1. The highest BCUT2D eigenvalue weighted by Crippen LogP contribution is 2.36. The fourth-order valence-corrected chi connectivity index (χ4v) is 4.45. The summed E-state index contributed by atoms with van der Waals surface area (Å²) >= 11 is 5.70. The van der Waals surface area contributed by atoms with Crippen LogP contribution in [0.25, 0.3) is 11.0 Å². The highest BCUT2D eigenvalue weighted by molar-refractivity contribution is 6.31. The molecule has 13 heteroatoms. The molecule has 0 saturated carbocycles. The number of benzene rings is 3. The van der Waals surface area contributed by atoms with Crippen LogP contribution in [0.1, 0.15) is 21.6 Å². The van der Waals surface area contributed by atoms with E-state index in [0.717, 1.165) is 30.3 Å². The molecule has 1 fully saturated rings. The fourth-order valence-electron chi connectivity index (χ4n) is 4.16. The Hall–Kier alpha value is -4.29. The Morgan fingerprint density at radius 3 is 2.17 bits per heavy atom. The van der Waals surface area contributed by atoms with E-state index in [1.807, 2.05) is 4.90 Å². The topological polar surface area (TPSA) is 96.5 Å². The number of nitrogens with one attached hydrogen (secondary N) is 2. The van der Waals surface area contributed by atoms with Gasteiger partial charge >= 0.3 is 12.2 Å². The number of hydrogen-bond donors (Lipinski definition) is 2. The molecular formula is C27H20ClF4N5O3. The number of amides is 2. The summed E-state index contributed by atoms with van der Waals surface area (Å²) in [6.07, 6.45) is -4.65. The van der Waals surface area contributed by atoms with Crippen molar-refractivity contribution in [1.29, 1.82) is 0 Å². The van der Waals surface area contributed by atoms with E-state index in [0.29, 0.717) is 43.2 Å². The molecular weight excluding hydrogens is 554 g/mol. The lowest BCUT2D eigenvalue weighted by Gasteiger charge is -2.29. The van der Waals surface area contributed by atoms with E-state index >= 15 is 0 Å². The molecule has 206 valence electrons. The van der Waals surface area contributed by atoms with Crippen molar-refractivity contribution in [2.45, 2.75) is 6.18 Å². The lowest BCUT2D eigenvalue weighted by Crippen LogP contribution is -2.38. The van der Waals surface area contributed by atoms with Gasteiger partial charge in [0.15, 0.2) is 11.5 Å². The quantitative estimate of drug-likeness (QED) is 0.219. The van der Waals surface area contributed by atoms with Crippen LogP contribution in [0.3, 0.4) is 0 Å². The molecule has 0 bridgehead atoms. The number of aromatic nitrogens is 2. The number of urea groups is 1. The van der Waals surface area contributed by atoms with Crippen molar-refractivity contribution in [1.82, 2.24) is 9.97 Å². The van der Waals surface area contributed by atoms with Gasteiger partial charge in [-0.2, -0.15) is 13.2 Å². The monoisotopic (exact) mass is 573 g/mol. The zero-order valence-electron chi connectivity index (χ0n) is 20.6. The number of carbonyl (C=O) groups excluding carboxylic acids is 2. The zero-order valence-corrected chi connectivity index (χ0v) is 21.3. The van der Waals surface area contributed by atoms with Gasteiger partial charge < -0.3 is 20.3 Å². The molecule has 5 rings (SSSR count). The molecule has 0 atom stereocenters. The maximum Gasteiger partial charge on any atom is 0.417 e. The van der Waals surface area contributed by atoms with Crippen LogP contribution < -0.4 is 15.5 Å². The first kappa shape index (κ1) is 27.3. The number of para-hydroxylation sites is 2. The fraction of sp³-hybridized carbons (Fsp3) is 0.185. The number of halogens is 5. The van der Waals surface area contributed by atoms with Gasteiger partial charge in [-0.15, -0.1) is 0 Å². The van der Waals surface area contributed by atoms with E-state index in [9.17, 15) is 27.2 Å². The summed E-state index contributed by atoms with van der Waals surface area (Å²) in [6.45, 7) is 1.78. The van der Waals surface area contributed by atoms with Crippen molar-refractivity contribution < 1.29 is 31.9 Å². The predicted octanol–water partition coefficient (Wildman–Crippen LogP) is 6.15. The summed E-state index contributed by atoms with van der Waals surface area (Å²) < 4.78 is 59.1. The summed E-state index contributed by atoms with van der Waals surface area (Å²) in [5.41, 5.74) is -0.383. The molecule has 1 saturated heterocycles. The molecule has 1 aliphatic rings. The van der Waals surface area contributed by atoms with Crippen molar-refractivity contribution >= 4 is 51.6 Å². The van der Waals surface area contributed by atoms with Crippen LogP contribution in [-0.4, -0.2) is 48.1 Å². The molecule has 1 aromatic heterocycles. The van der Waals surface area contributed by atoms with E-state index < -0.39 is 34.4 Å². The van der Waals surface area contributed by atoms with Gasteiger partial charge in [0.1, 0.15) is 5.82 Å². The van der Waals surface area contributed by atoms with Crippen LogP contribution in [0.15, 0.2) is 60.7 Å². The molecule has 2 amide bonds. The van der Waals surface area contributed by atoms with E-state index in [4.69, 9.17) is 16.3 Å². The standard InChI is InChI=1S/C27H20ClF4N5O3/c28-19-14-16(5-7-18(19)27(30,31)32)34-26(39)33-15-6-8-20(29)17(13-15)24(38)23-25(37-9-11-40-12-10-37)36-22-4-2-1-3-21(22)35-23/h1-8,13-14H,9-12H2,(H2,33,34,39). The molecule has 2 N–H and O–H groups in total. The Bertz CT molecular complexity index is 1610. The summed E-state index contributed by atoms with van der Waals surface area (Å²) in [7, 11) is 0. The van der Waals surface area contributed by atoms with Crippen molar-refractivity contribution in [3.63, 3.8) is 0 Å². The molecule has 4 aromatic rings. The molecule has 3 aromatic carbocycles. The third-order valence-corrected chi connectivity index (χ3v) is 6.39. The SMILES string of the molecule is O=C(Nc1ccc(C(F)(F)F)c(Cl)c1)Nc1ccc(F)c(C(=O)c2nc3ccccc3nc2N2CCOCC2)c1. The summed E-state index contributed by atoms with van der Waals surface area (Å²) in [6, 6.07) is 12.3. The number of ether oxygens (including phenoxy) is 1. The number of carbonyl (C=O) groups is 2. The minimum atomic E-state index is -4.65. The minimum absolute atomic E-state index is 0.00416. The van der Waals surface area contributed by atoms with Crippen LogP contribution in [0.5, 0.6) is 0 Å². The Kier molecular flexibility index (Phi) is 7.55. The number of ketones is 1. The molecule has 0 aliphatic carbocycles. The second-order valence-electron chi connectivity index (χ2n) is 8.78. The average Bonchev–Trinajstić information content (AvgIpc) is 2.92. The molecule has 8 nitrogen and oxygen atoms in total. The first-order valence-corrected chi connectivity index (χ1v) is 12.4. The highest BCUT2D eigenvalue weighted by Gasteiger charge is 2.33. The molecule has 40 heavy (non-hydrogen) atoms. The summed E-state index contributed by atoms with van der Waals surface area (Å²) in [5.74, 6) is -1.29. The second kappa shape index (κ2) is 11.1. The van der Waals surface area contributed by atoms with Gasteiger partial charge in [0.2, 0.25) is 5.78 Å². The first-order valence-electron chi connectivity index (χ1n) is 12.0. The van der Waals surface area contributed by atoms with Crippen LogP contribution >= 0.6 is 11.6 Å². The maximum absolute atomic E-state index is 14.9. The van der Waals surface area contributed by atoms with Gasteiger partial charge in [-0.25, -0.2) is 19.2 Å². The van der Waals surface area contributed by atoms with Gasteiger partial charge in [0.25, 0.3) is 0 Å². The van der Waals surface area contributed by atoms with E-state index in [2.05, 4.69) is 20.6 Å². The number of nitrogens with zero attached hydrogens (tertiary/aromatic N) is 3. The predicted molar refractivity (Wildman–Crippen MR) is 141 cm³/mol. The van der Waals surface area contributed by atoms with Crippen molar-refractivity contribution in [2.75, 3.05) is 41.8 Å². The van der Waals surface area contributed by atoms with E-state index in [1.54, 1.807) is 24.3 Å². The molecule has 1 aliphatic heterocycles. The third-order valence-electron chi connectivity index (χ3n) is 6.08. The van der Waals surface area contributed by atoms with E-state index in [-0.39, 0.29) is 22.6 Å². The van der Waals surface area contributed by atoms with Crippen LogP contribution in [0.4, 0.5) is 39.5 Å². The Morgan fingerprint density at radius 1 is 0.900 bits per heavy atom. The molecule has 0 radical (unpaired) electrons. The number of hydrogen-bond acceptors (Lipinski definition) is 6. The van der Waals surface area contributed by atoms with Gasteiger partial charge in [0, 0.05) is 24.5 Å². The largest absolute Gasteiger partial charge is 0.417 e. The number of rotatable bonds is 5. The van der Waals surface area contributed by atoms with Crippen molar-refractivity contribution in [3.8, 4) is 0 Å². The molecule has 0 spiro atoms. The molecule has 0 unspecified atom stereocenters. The van der Waals surface area contributed by atoms with Crippen LogP contribution in [-0.2, 0) is 10.9 Å². The Morgan fingerprint density at radius 2 is 1.52 bits per heavy atom. The van der Waals surface area contributed by atoms with Crippen molar-refractivity contribution in [2.24, 2.45) is 0 Å².